The van der Waals surface area contributed by atoms with Gasteiger partial charge in [0.05, 0.1) is 6.26 Å². The highest BCUT2D eigenvalue weighted by Crippen LogP contribution is 2.24. The second-order valence-electron chi connectivity index (χ2n) is 5.04. The van der Waals surface area contributed by atoms with Crippen LogP contribution in [0.25, 0.3) is 0 Å². The van der Waals surface area contributed by atoms with Crippen LogP contribution in [-0.2, 0) is 0 Å². The van der Waals surface area contributed by atoms with Gasteiger partial charge in [-0.2, -0.15) is 0 Å². The molecule has 100 valence electrons. The van der Waals surface area contributed by atoms with Gasteiger partial charge in [-0.05, 0) is 44.2 Å². The lowest BCUT2D eigenvalue weighted by Crippen LogP contribution is -2.44. The summed E-state index contributed by atoms with van der Waals surface area (Å²) in [5, 5.41) is 0. The number of hydrogen-bond acceptors (Lipinski definition) is 3. The van der Waals surface area contributed by atoms with Crippen LogP contribution in [0.1, 0.15) is 49.6 Å². The van der Waals surface area contributed by atoms with Crippen molar-refractivity contribution >= 4 is 5.91 Å². The summed E-state index contributed by atoms with van der Waals surface area (Å²) in [7, 11) is 0. The Morgan fingerprint density at radius 2 is 2.17 bits per heavy atom. The Morgan fingerprint density at radius 1 is 1.44 bits per heavy atom. The van der Waals surface area contributed by atoms with Crippen LogP contribution in [-0.4, -0.2) is 29.4 Å². The fourth-order valence-corrected chi connectivity index (χ4v) is 2.65. The highest BCUT2D eigenvalue weighted by atomic mass is 16.3. The predicted octanol–water partition coefficient (Wildman–Crippen LogP) is 2.40. The van der Waals surface area contributed by atoms with Crippen LogP contribution in [0.5, 0.6) is 0 Å². The fourth-order valence-electron chi connectivity index (χ4n) is 2.65. The van der Waals surface area contributed by atoms with Crippen LogP contribution in [0.3, 0.4) is 0 Å². The molecule has 1 aliphatic rings. The molecule has 1 aliphatic carbocycles. The van der Waals surface area contributed by atoms with Crippen molar-refractivity contribution in [2.45, 2.75) is 51.1 Å². The lowest BCUT2D eigenvalue weighted by Gasteiger charge is -2.35. The summed E-state index contributed by atoms with van der Waals surface area (Å²) < 4.78 is 5.22. The molecule has 0 atom stereocenters. The van der Waals surface area contributed by atoms with E-state index in [1.165, 1.54) is 0 Å². The minimum Gasteiger partial charge on any atom is -0.459 e. The van der Waals surface area contributed by atoms with E-state index in [-0.39, 0.29) is 5.91 Å². The van der Waals surface area contributed by atoms with E-state index in [1.807, 2.05) is 4.90 Å². The van der Waals surface area contributed by atoms with Crippen molar-refractivity contribution < 1.29 is 9.21 Å². The van der Waals surface area contributed by atoms with E-state index < -0.39 is 0 Å². The average Bonchev–Trinajstić information content (AvgIpc) is 2.90. The SMILES string of the molecule is CCCN(C(=O)c1ccco1)C1CCC(N)CC1. The summed E-state index contributed by atoms with van der Waals surface area (Å²) in [6.45, 7) is 2.89. The molecule has 4 nitrogen and oxygen atoms in total. The molecule has 0 saturated heterocycles. The van der Waals surface area contributed by atoms with E-state index in [4.69, 9.17) is 10.2 Å². The molecule has 0 aliphatic heterocycles. The van der Waals surface area contributed by atoms with Crippen LogP contribution in [0.2, 0.25) is 0 Å². The smallest absolute Gasteiger partial charge is 0.289 e. The molecular formula is C14H22N2O2. The topological polar surface area (TPSA) is 59.5 Å². The molecule has 2 rings (SSSR count). The Kier molecular flexibility index (Phi) is 4.42. The summed E-state index contributed by atoms with van der Waals surface area (Å²) in [5.41, 5.74) is 5.92. The summed E-state index contributed by atoms with van der Waals surface area (Å²) in [5.74, 6) is 0.459. The molecule has 1 saturated carbocycles. The summed E-state index contributed by atoms with van der Waals surface area (Å²) in [4.78, 5) is 14.3. The normalized spacial score (nSPS) is 23.9. The minimum absolute atomic E-state index is 0.0160. The van der Waals surface area contributed by atoms with Crippen molar-refractivity contribution in [1.82, 2.24) is 4.90 Å². The first-order chi connectivity index (χ1) is 8.72. The average molecular weight is 250 g/mol. The van der Waals surface area contributed by atoms with Crippen LogP contribution >= 0.6 is 0 Å². The molecule has 0 bridgehead atoms. The first-order valence-electron chi connectivity index (χ1n) is 6.82. The molecule has 1 heterocycles. The summed E-state index contributed by atoms with van der Waals surface area (Å²) >= 11 is 0. The minimum atomic E-state index is 0.0160. The summed E-state index contributed by atoms with van der Waals surface area (Å²) in [6, 6.07) is 4.12. The molecule has 2 N–H and O–H groups in total. The number of hydrogen-bond donors (Lipinski definition) is 1. The van der Waals surface area contributed by atoms with Crippen molar-refractivity contribution in [3.8, 4) is 0 Å². The predicted molar refractivity (Wildman–Crippen MR) is 70.3 cm³/mol. The molecule has 0 aromatic carbocycles. The lowest BCUT2D eigenvalue weighted by atomic mass is 9.90. The lowest BCUT2D eigenvalue weighted by molar-refractivity contribution is 0.0594. The van der Waals surface area contributed by atoms with E-state index >= 15 is 0 Å². The van der Waals surface area contributed by atoms with E-state index in [2.05, 4.69) is 6.92 Å². The number of carbonyl (C=O) groups excluding carboxylic acids is 1. The standard InChI is InChI=1S/C14H22N2O2/c1-2-9-16(12-7-5-11(15)6-8-12)14(17)13-4-3-10-18-13/h3-4,10-12H,2,5-9,15H2,1H3. The van der Waals surface area contributed by atoms with Crippen molar-refractivity contribution in [2.24, 2.45) is 5.73 Å². The Bertz CT molecular complexity index is 367. The highest BCUT2D eigenvalue weighted by molar-refractivity contribution is 5.91. The van der Waals surface area contributed by atoms with Gasteiger partial charge in [0.1, 0.15) is 0 Å². The maximum atomic E-state index is 12.4. The molecule has 1 amide bonds. The van der Waals surface area contributed by atoms with Crippen LogP contribution < -0.4 is 5.73 Å². The maximum absolute atomic E-state index is 12.4. The van der Waals surface area contributed by atoms with E-state index in [0.29, 0.717) is 17.8 Å². The van der Waals surface area contributed by atoms with Gasteiger partial charge in [0.25, 0.3) is 5.91 Å². The van der Waals surface area contributed by atoms with Crippen molar-refractivity contribution in [1.29, 1.82) is 0 Å². The van der Waals surface area contributed by atoms with Crippen LogP contribution in [0.4, 0.5) is 0 Å². The monoisotopic (exact) mass is 250 g/mol. The maximum Gasteiger partial charge on any atom is 0.289 e. The van der Waals surface area contributed by atoms with Gasteiger partial charge < -0.3 is 15.1 Å². The third-order valence-corrected chi connectivity index (χ3v) is 3.64. The van der Waals surface area contributed by atoms with Crippen LogP contribution in [0.15, 0.2) is 22.8 Å². The third-order valence-electron chi connectivity index (χ3n) is 3.64. The number of nitrogens with zero attached hydrogens (tertiary/aromatic N) is 1. The van der Waals surface area contributed by atoms with E-state index in [1.54, 1.807) is 18.4 Å². The molecular weight excluding hydrogens is 228 g/mol. The van der Waals surface area contributed by atoms with Gasteiger partial charge in [0, 0.05) is 18.6 Å². The third kappa shape index (κ3) is 2.93. The molecule has 0 spiro atoms. The number of nitrogens with two attached hydrogens (primary N) is 1. The number of amides is 1. The second kappa shape index (κ2) is 6.05. The molecule has 0 unspecified atom stereocenters. The Hall–Kier alpha value is -1.29. The summed E-state index contributed by atoms with van der Waals surface area (Å²) in [6.07, 6.45) is 6.55. The Morgan fingerprint density at radius 3 is 2.72 bits per heavy atom. The van der Waals surface area contributed by atoms with Gasteiger partial charge in [0.2, 0.25) is 0 Å². The largest absolute Gasteiger partial charge is 0.459 e. The quantitative estimate of drug-likeness (QED) is 0.892. The number of carbonyl (C=O) groups is 1. The van der Waals surface area contributed by atoms with E-state index in [9.17, 15) is 4.79 Å². The molecule has 1 fully saturated rings. The molecule has 0 radical (unpaired) electrons. The van der Waals surface area contributed by atoms with Gasteiger partial charge in [-0.15, -0.1) is 0 Å². The van der Waals surface area contributed by atoms with Crippen molar-refractivity contribution in [2.75, 3.05) is 6.54 Å². The van der Waals surface area contributed by atoms with Gasteiger partial charge in [0.15, 0.2) is 5.76 Å². The van der Waals surface area contributed by atoms with Crippen molar-refractivity contribution in [3.63, 3.8) is 0 Å². The first kappa shape index (κ1) is 13.1. The molecule has 1 aromatic heterocycles. The van der Waals surface area contributed by atoms with Gasteiger partial charge in [-0.25, -0.2) is 0 Å². The Labute approximate surface area is 108 Å². The highest BCUT2D eigenvalue weighted by Gasteiger charge is 2.28. The van der Waals surface area contributed by atoms with Gasteiger partial charge >= 0.3 is 0 Å². The molecule has 1 aromatic rings. The number of furan rings is 1. The Balaban J connectivity index is 2.05. The molecule has 4 heteroatoms. The van der Waals surface area contributed by atoms with Gasteiger partial charge in [-0.1, -0.05) is 6.92 Å². The zero-order chi connectivity index (χ0) is 13.0. The molecule has 18 heavy (non-hydrogen) atoms. The number of rotatable bonds is 4. The zero-order valence-corrected chi connectivity index (χ0v) is 11.0. The first-order valence-corrected chi connectivity index (χ1v) is 6.82. The second-order valence-corrected chi connectivity index (χ2v) is 5.04. The van der Waals surface area contributed by atoms with Crippen LogP contribution in [0, 0.1) is 0 Å². The van der Waals surface area contributed by atoms with Gasteiger partial charge in [-0.3, -0.25) is 4.79 Å². The van der Waals surface area contributed by atoms with E-state index in [0.717, 1.165) is 38.6 Å². The zero-order valence-electron chi connectivity index (χ0n) is 11.0. The fraction of sp³-hybridized carbons (Fsp3) is 0.643. The van der Waals surface area contributed by atoms with Crippen molar-refractivity contribution in [3.05, 3.63) is 24.2 Å².